The lowest BCUT2D eigenvalue weighted by Crippen LogP contribution is -2.37. The van der Waals surface area contributed by atoms with Gasteiger partial charge in [-0.1, -0.05) is 49.6 Å². The van der Waals surface area contributed by atoms with Gasteiger partial charge >= 0.3 is 6.09 Å². The molecule has 0 saturated heterocycles. The van der Waals surface area contributed by atoms with E-state index in [1.807, 2.05) is 56.3 Å². The lowest BCUT2D eigenvalue weighted by molar-refractivity contribution is 0.0937. The van der Waals surface area contributed by atoms with Crippen LogP contribution in [0.25, 0.3) is 16.9 Å². The van der Waals surface area contributed by atoms with Crippen LogP contribution in [0.4, 0.5) is 4.79 Å². The molecule has 1 aliphatic rings. The van der Waals surface area contributed by atoms with E-state index in [1.165, 1.54) is 6.42 Å². The van der Waals surface area contributed by atoms with E-state index in [4.69, 9.17) is 4.74 Å². The van der Waals surface area contributed by atoms with E-state index in [1.54, 1.807) is 22.9 Å². The third-order valence-electron chi connectivity index (χ3n) is 5.63. The summed E-state index contributed by atoms with van der Waals surface area (Å²) in [5.41, 5.74) is 2.67. The molecule has 4 rings (SSSR count). The molecule has 1 aromatic heterocycles. The Hall–Kier alpha value is -3.61. The first-order chi connectivity index (χ1) is 16.0. The minimum absolute atomic E-state index is 0.00206. The van der Waals surface area contributed by atoms with Gasteiger partial charge in [0, 0.05) is 17.6 Å². The number of benzene rings is 2. The Labute approximate surface area is 194 Å². The molecule has 0 unspecified atom stereocenters. The zero-order valence-electron chi connectivity index (χ0n) is 19.1. The molecule has 1 aliphatic carbocycles. The van der Waals surface area contributed by atoms with Crippen molar-refractivity contribution in [1.29, 1.82) is 0 Å². The number of nitrogens with zero attached hydrogens (tertiary/aromatic N) is 2. The third-order valence-corrected chi connectivity index (χ3v) is 5.63. The average molecular weight is 447 g/mol. The van der Waals surface area contributed by atoms with E-state index in [0.717, 1.165) is 42.6 Å². The lowest BCUT2D eigenvalue weighted by atomic mass is 9.96. The molecule has 2 N–H and O–H groups in total. The van der Waals surface area contributed by atoms with Gasteiger partial charge in [0.1, 0.15) is 5.75 Å². The van der Waals surface area contributed by atoms with Gasteiger partial charge < -0.3 is 15.4 Å². The number of carbonyl (C=O) groups excluding carboxylic acids is 2. The van der Waals surface area contributed by atoms with E-state index < -0.39 is 6.09 Å². The molecule has 1 saturated carbocycles. The van der Waals surface area contributed by atoms with Crippen molar-refractivity contribution in [1.82, 2.24) is 20.4 Å². The summed E-state index contributed by atoms with van der Waals surface area (Å²) in [6.45, 7) is 3.82. The fourth-order valence-electron chi connectivity index (χ4n) is 4.07. The molecule has 1 fully saturated rings. The Morgan fingerprint density at radius 3 is 2.48 bits per heavy atom. The van der Waals surface area contributed by atoms with Gasteiger partial charge in [-0.3, -0.25) is 4.79 Å². The molecule has 0 bridgehead atoms. The summed E-state index contributed by atoms with van der Waals surface area (Å²) >= 11 is 0. The zero-order chi connectivity index (χ0) is 23.2. The molecule has 172 valence electrons. The number of hydrogen-bond donors (Lipinski definition) is 2. The first-order valence-corrected chi connectivity index (χ1v) is 11.5. The van der Waals surface area contributed by atoms with Gasteiger partial charge in [0.15, 0.2) is 5.69 Å². The van der Waals surface area contributed by atoms with E-state index in [0.29, 0.717) is 11.4 Å². The van der Waals surface area contributed by atoms with E-state index in [9.17, 15) is 9.59 Å². The SMILES string of the molecule is CC(C)NC(=O)c1cc(-c2cccc(OC(=O)NC3CCCCC3)c2)n(-c2ccccc2)n1. The molecule has 0 spiro atoms. The molecule has 1 heterocycles. The number of amides is 2. The summed E-state index contributed by atoms with van der Waals surface area (Å²) in [7, 11) is 0. The second-order valence-corrected chi connectivity index (χ2v) is 8.69. The molecule has 2 aromatic carbocycles. The number of aromatic nitrogens is 2. The Morgan fingerprint density at radius 1 is 1.00 bits per heavy atom. The van der Waals surface area contributed by atoms with Crippen molar-refractivity contribution in [2.45, 2.75) is 58.0 Å². The van der Waals surface area contributed by atoms with Gasteiger partial charge in [0.2, 0.25) is 0 Å². The first-order valence-electron chi connectivity index (χ1n) is 11.5. The molecular formula is C26H30N4O3. The number of nitrogens with one attached hydrogen (secondary N) is 2. The lowest BCUT2D eigenvalue weighted by Gasteiger charge is -2.22. The van der Waals surface area contributed by atoms with E-state index >= 15 is 0 Å². The number of para-hydroxylation sites is 1. The third kappa shape index (κ3) is 5.80. The van der Waals surface area contributed by atoms with Crippen LogP contribution in [0.3, 0.4) is 0 Å². The zero-order valence-corrected chi connectivity index (χ0v) is 19.1. The summed E-state index contributed by atoms with van der Waals surface area (Å²) in [4.78, 5) is 25.0. The highest BCUT2D eigenvalue weighted by Gasteiger charge is 2.19. The Morgan fingerprint density at radius 2 is 1.76 bits per heavy atom. The van der Waals surface area contributed by atoms with Crippen LogP contribution in [-0.4, -0.2) is 33.9 Å². The first kappa shape index (κ1) is 22.6. The van der Waals surface area contributed by atoms with Crippen LogP contribution < -0.4 is 15.4 Å². The Balaban J connectivity index is 1.60. The van der Waals surface area contributed by atoms with Gasteiger partial charge in [-0.15, -0.1) is 0 Å². The van der Waals surface area contributed by atoms with Crippen LogP contribution >= 0.6 is 0 Å². The van der Waals surface area contributed by atoms with Gasteiger partial charge in [-0.25, -0.2) is 9.48 Å². The number of ether oxygens (including phenoxy) is 1. The molecule has 0 radical (unpaired) electrons. The summed E-state index contributed by atoms with van der Waals surface area (Å²) in [6.07, 6.45) is 5.04. The molecule has 7 heteroatoms. The fraction of sp³-hybridized carbons (Fsp3) is 0.346. The second kappa shape index (κ2) is 10.3. The maximum Gasteiger partial charge on any atom is 0.412 e. The number of carbonyl (C=O) groups is 2. The molecule has 0 atom stereocenters. The van der Waals surface area contributed by atoms with Gasteiger partial charge in [-0.05, 0) is 57.0 Å². The van der Waals surface area contributed by atoms with Gasteiger partial charge in [0.25, 0.3) is 5.91 Å². The molecule has 2 amide bonds. The fourth-order valence-corrected chi connectivity index (χ4v) is 4.07. The number of rotatable bonds is 6. The quantitative estimate of drug-likeness (QED) is 0.552. The smallest absolute Gasteiger partial charge is 0.410 e. The monoisotopic (exact) mass is 446 g/mol. The van der Waals surface area contributed by atoms with Crippen LogP contribution in [0, 0.1) is 0 Å². The summed E-state index contributed by atoms with van der Waals surface area (Å²) in [5.74, 6) is 0.204. The van der Waals surface area contributed by atoms with Crippen LogP contribution in [0.2, 0.25) is 0 Å². The van der Waals surface area contributed by atoms with Crippen LogP contribution in [-0.2, 0) is 0 Å². The van der Waals surface area contributed by atoms with Crippen molar-refractivity contribution in [3.63, 3.8) is 0 Å². The predicted molar refractivity (Wildman–Crippen MR) is 128 cm³/mol. The van der Waals surface area contributed by atoms with Crippen molar-refractivity contribution in [2.75, 3.05) is 0 Å². The molecule has 7 nitrogen and oxygen atoms in total. The normalized spacial score (nSPS) is 14.2. The Kier molecular flexibility index (Phi) is 7.07. The van der Waals surface area contributed by atoms with Crippen LogP contribution in [0.1, 0.15) is 56.4 Å². The van der Waals surface area contributed by atoms with Crippen molar-refractivity contribution in [3.8, 4) is 22.7 Å². The van der Waals surface area contributed by atoms with E-state index in [-0.39, 0.29) is 18.0 Å². The minimum Gasteiger partial charge on any atom is -0.410 e. The van der Waals surface area contributed by atoms with Crippen molar-refractivity contribution in [2.24, 2.45) is 0 Å². The highest BCUT2D eigenvalue weighted by atomic mass is 16.6. The predicted octanol–water partition coefficient (Wildman–Crippen LogP) is 5.10. The number of hydrogen-bond acceptors (Lipinski definition) is 4. The van der Waals surface area contributed by atoms with Crippen molar-refractivity contribution >= 4 is 12.0 Å². The Bertz CT molecular complexity index is 1100. The van der Waals surface area contributed by atoms with Crippen molar-refractivity contribution < 1.29 is 14.3 Å². The molecule has 0 aliphatic heterocycles. The molecule has 3 aromatic rings. The van der Waals surface area contributed by atoms with Gasteiger partial charge in [-0.2, -0.15) is 5.10 Å². The largest absolute Gasteiger partial charge is 0.412 e. The maximum absolute atomic E-state index is 12.6. The highest BCUT2D eigenvalue weighted by molar-refractivity contribution is 5.93. The van der Waals surface area contributed by atoms with Crippen molar-refractivity contribution in [3.05, 3.63) is 66.4 Å². The summed E-state index contributed by atoms with van der Waals surface area (Å²) < 4.78 is 7.31. The topological polar surface area (TPSA) is 85.2 Å². The average Bonchev–Trinajstić information content (AvgIpc) is 3.26. The molecule has 33 heavy (non-hydrogen) atoms. The minimum atomic E-state index is -0.437. The highest BCUT2D eigenvalue weighted by Crippen LogP contribution is 2.27. The maximum atomic E-state index is 12.6. The second-order valence-electron chi connectivity index (χ2n) is 8.69. The summed E-state index contributed by atoms with van der Waals surface area (Å²) in [6, 6.07) is 18.8. The molecular weight excluding hydrogens is 416 g/mol. The standard InChI is InChI=1S/C26H30N4O3/c1-18(2)27-25(31)23-17-24(30(29-23)21-13-7-4-8-14-21)19-10-9-15-22(16-19)33-26(32)28-20-11-5-3-6-12-20/h4,7-10,13-18,20H,3,5-6,11-12H2,1-2H3,(H,27,31)(H,28,32). The van der Waals surface area contributed by atoms with Crippen LogP contribution in [0.15, 0.2) is 60.7 Å². The summed E-state index contributed by atoms with van der Waals surface area (Å²) in [5, 5.41) is 10.4. The van der Waals surface area contributed by atoms with Crippen LogP contribution in [0.5, 0.6) is 5.75 Å². The van der Waals surface area contributed by atoms with Gasteiger partial charge in [0.05, 0.1) is 11.4 Å². The van der Waals surface area contributed by atoms with E-state index in [2.05, 4.69) is 15.7 Å².